The summed E-state index contributed by atoms with van der Waals surface area (Å²) in [4.78, 5) is 9.75. The van der Waals surface area contributed by atoms with Crippen LogP contribution < -0.4 is 5.32 Å². The number of rotatable bonds is 8. The summed E-state index contributed by atoms with van der Waals surface area (Å²) in [7, 11) is 0. The van der Waals surface area contributed by atoms with Crippen molar-refractivity contribution in [1.29, 1.82) is 0 Å². The van der Waals surface area contributed by atoms with E-state index in [0.717, 1.165) is 58.1 Å². The highest BCUT2D eigenvalue weighted by Crippen LogP contribution is 2.18. The minimum absolute atomic E-state index is 0.918. The van der Waals surface area contributed by atoms with Crippen LogP contribution in [0.5, 0.6) is 0 Å². The van der Waals surface area contributed by atoms with Gasteiger partial charge in [-0.1, -0.05) is 38.1 Å². The molecule has 1 aliphatic heterocycles. The van der Waals surface area contributed by atoms with E-state index in [1.54, 1.807) is 0 Å². The van der Waals surface area contributed by atoms with Crippen molar-refractivity contribution in [1.82, 2.24) is 15.1 Å². The number of aliphatic imine (C=N–C) groups is 1. The molecule has 0 spiro atoms. The van der Waals surface area contributed by atoms with Crippen LogP contribution in [0.25, 0.3) is 0 Å². The van der Waals surface area contributed by atoms with Crippen LogP contribution in [0.4, 0.5) is 0 Å². The Kier molecular flexibility index (Phi) is 8.10. The van der Waals surface area contributed by atoms with Crippen molar-refractivity contribution in [2.24, 2.45) is 4.99 Å². The lowest BCUT2D eigenvalue weighted by molar-refractivity contribution is 0.297. The van der Waals surface area contributed by atoms with E-state index in [-0.39, 0.29) is 0 Å². The molecule has 0 aromatic heterocycles. The zero-order chi connectivity index (χ0) is 17.2. The third kappa shape index (κ3) is 5.52. The van der Waals surface area contributed by atoms with Gasteiger partial charge in [-0.05, 0) is 56.9 Å². The van der Waals surface area contributed by atoms with Crippen LogP contribution in [0, 0.1) is 0 Å². The molecule has 1 aliphatic rings. The first-order valence-electron chi connectivity index (χ1n) is 9.60. The second-order valence-corrected chi connectivity index (χ2v) is 6.41. The molecule has 0 saturated carbocycles. The standard InChI is InChI=1S/C20H34N4/c1-4-21-20(22-14-9-10-15-23(5-2)6-3)24-16-13-18-11-7-8-12-19(18)17-24/h7-8,11-12H,4-6,9-10,13-17H2,1-3H3,(H,21,22). The van der Waals surface area contributed by atoms with E-state index in [1.807, 2.05) is 0 Å². The maximum Gasteiger partial charge on any atom is 0.194 e. The molecule has 1 N–H and O–H groups in total. The van der Waals surface area contributed by atoms with Crippen molar-refractivity contribution in [3.8, 4) is 0 Å². The van der Waals surface area contributed by atoms with Gasteiger partial charge in [0.2, 0.25) is 0 Å². The average Bonchev–Trinajstić information content (AvgIpc) is 2.63. The molecule has 1 heterocycles. The number of nitrogens with one attached hydrogen (secondary N) is 1. The molecule has 134 valence electrons. The molecule has 0 atom stereocenters. The van der Waals surface area contributed by atoms with Crippen LogP contribution >= 0.6 is 0 Å². The van der Waals surface area contributed by atoms with Gasteiger partial charge in [-0.2, -0.15) is 0 Å². The molecule has 0 aliphatic carbocycles. The number of fused-ring (bicyclic) bond motifs is 1. The van der Waals surface area contributed by atoms with Gasteiger partial charge in [0.05, 0.1) is 0 Å². The van der Waals surface area contributed by atoms with Crippen molar-refractivity contribution in [3.05, 3.63) is 35.4 Å². The summed E-state index contributed by atoms with van der Waals surface area (Å²) in [6.07, 6.45) is 3.51. The molecule has 0 bridgehead atoms. The molecule has 0 unspecified atom stereocenters. The molecule has 0 saturated heterocycles. The highest BCUT2D eigenvalue weighted by atomic mass is 15.3. The third-order valence-electron chi connectivity index (χ3n) is 4.80. The number of hydrogen-bond donors (Lipinski definition) is 1. The summed E-state index contributed by atoms with van der Waals surface area (Å²) < 4.78 is 0. The van der Waals surface area contributed by atoms with E-state index in [4.69, 9.17) is 4.99 Å². The first-order valence-corrected chi connectivity index (χ1v) is 9.60. The van der Waals surface area contributed by atoms with Crippen LogP contribution in [0.15, 0.2) is 29.3 Å². The molecule has 4 heteroatoms. The summed E-state index contributed by atoms with van der Waals surface area (Å²) in [6.45, 7) is 14.0. The van der Waals surface area contributed by atoms with Gasteiger partial charge >= 0.3 is 0 Å². The van der Waals surface area contributed by atoms with Crippen LogP contribution in [-0.2, 0) is 13.0 Å². The number of guanidine groups is 1. The molecule has 24 heavy (non-hydrogen) atoms. The van der Waals surface area contributed by atoms with E-state index in [0.29, 0.717) is 0 Å². The Balaban J connectivity index is 1.85. The number of hydrogen-bond acceptors (Lipinski definition) is 2. The van der Waals surface area contributed by atoms with Gasteiger partial charge in [-0.15, -0.1) is 0 Å². The monoisotopic (exact) mass is 330 g/mol. The SMILES string of the molecule is CCNC(=NCCCCN(CC)CC)N1CCc2ccccc2C1. The lowest BCUT2D eigenvalue weighted by Crippen LogP contribution is -2.44. The van der Waals surface area contributed by atoms with Crippen molar-refractivity contribution in [2.45, 2.75) is 46.6 Å². The van der Waals surface area contributed by atoms with E-state index < -0.39 is 0 Å². The average molecular weight is 331 g/mol. The van der Waals surface area contributed by atoms with Crippen LogP contribution in [0.3, 0.4) is 0 Å². The van der Waals surface area contributed by atoms with Gasteiger partial charge in [0.25, 0.3) is 0 Å². The van der Waals surface area contributed by atoms with Crippen LogP contribution in [-0.4, -0.2) is 55.0 Å². The summed E-state index contributed by atoms with van der Waals surface area (Å²) in [5, 5.41) is 3.47. The Bertz CT molecular complexity index is 508. The molecular weight excluding hydrogens is 296 g/mol. The van der Waals surface area contributed by atoms with Crippen molar-refractivity contribution in [2.75, 3.05) is 39.3 Å². The van der Waals surface area contributed by atoms with E-state index >= 15 is 0 Å². The first-order chi connectivity index (χ1) is 11.8. The Morgan fingerprint density at radius 2 is 1.88 bits per heavy atom. The topological polar surface area (TPSA) is 30.9 Å². The van der Waals surface area contributed by atoms with Gasteiger partial charge in [-0.25, -0.2) is 0 Å². The lowest BCUT2D eigenvalue weighted by Gasteiger charge is -2.31. The molecule has 0 fully saturated rings. The number of benzene rings is 1. The largest absolute Gasteiger partial charge is 0.357 e. The Hall–Kier alpha value is -1.55. The predicted octanol–water partition coefficient (Wildman–Crippen LogP) is 3.13. The Labute approximate surface area is 147 Å². The molecule has 1 aromatic carbocycles. The fraction of sp³-hybridized carbons (Fsp3) is 0.650. The number of unbranched alkanes of at least 4 members (excludes halogenated alkanes) is 1. The molecule has 0 amide bonds. The highest BCUT2D eigenvalue weighted by molar-refractivity contribution is 5.80. The molecule has 2 rings (SSSR count). The van der Waals surface area contributed by atoms with Crippen molar-refractivity contribution < 1.29 is 0 Å². The van der Waals surface area contributed by atoms with Crippen LogP contribution in [0.2, 0.25) is 0 Å². The summed E-state index contributed by atoms with van der Waals surface area (Å²) in [6, 6.07) is 8.78. The maximum atomic E-state index is 4.87. The van der Waals surface area contributed by atoms with Crippen molar-refractivity contribution >= 4 is 5.96 Å². The van der Waals surface area contributed by atoms with E-state index in [1.165, 1.54) is 24.1 Å². The fourth-order valence-electron chi connectivity index (χ4n) is 3.27. The highest BCUT2D eigenvalue weighted by Gasteiger charge is 2.18. The molecular formula is C20H34N4. The van der Waals surface area contributed by atoms with Crippen molar-refractivity contribution in [3.63, 3.8) is 0 Å². The van der Waals surface area contributed by atoms with Gasteiger partial charge in [0.15, 0.2) is 5.96 Å². The predicted molar refractivity (Wildman–Crippen MR) is 104 cm³/mol. The van der Waals surface area contributed by atoms with E-state index in [2.05, 4.69) is 60.2 Å². The fourth-order valence-corrected chi connectivity index (χ4v) is 3.27. The summed E-state index contributed by atoms with van der Waals surface area (Å²) >= 11 is 0. The zero-order valence-electron chi connectivity index (χ0n) is 15.7. The van der Waals surface area contributed by atoms with Crippen LogP contribution in [0.1, 0.15) is 44.7 Å². The first kappa shape index (κ1) is 18.8. The minimum atomic E-state index is 0.918. The summed E-state index contributed by atoms with van der Waals surface area (Å²) in [5.41, 5.74) is 2.93. The molecule has 0 radical (unpaired) electrons. The van der Waals surface area contributed by atoms with Gasteiger partial charge in [-0.3, -0.25) is 4.99 Å². The van der Waals surface area contributed by atoms with E-state index in [9.17, 15) is 0 Å². The van der Waals surface area contributed by atoms with Gasteiger partial charge in [0, 0.05) is 26.2 Å². The van der Waals surface area contributed by atoms with Gasteiger partial charge in [0.1, 0.15) is 0 Å². The van der Waals surface area contributed by atoms with Gasteiger partial charge < -0.3 is 15.1 Å². The molecule has 4 nitrogen and oxygen atoms in total. The lowest BCUT2D eigenvalue weighted by atomic mass is 10.0. The molecule has 1 aromatic rings. The Morgan fingerprint density at radius 3 is 2.58 bits per heavy atom. The normalized spacial score (nSPS) is 14.8. The quantitative estimate of drug-likeness (QED) is 0.451. The minimum Gasteiger partial charge on any atom is -0.357 e. The maximum absolute atomic E-state index is 4.87. The second-order valence-electron chi connectivity index (χ2n) is 6.41. The second kappa shape index (κ2) is 10.3. The third-order valence-corrected chi connectivity index (χ3v) is 4.80. The zero-order valence-corrected chi connectivity index (χ0v) is 15.7. The smallest absolute Gasteiger partial charge is 0.194 e. The summed E-state index contributed by atoms with van der Waals surface area (Å²) in [5.74, 6) is 1.08. The number of nitrogens with zero attached hydrogens (tertiary/aromatic N) is 3. The Morgan fingerprint density at radius 1 is 1.12 bits per heavy atom.